The van der Waals surface area contributed by atoms with Gasteiger partial charge in [0, 0.05) is 19.2 Å². The van der Waals surface area contributed by atoms with Crippen LogP contribution in [0.4, 0.5) is 11.5 Å². The highest BCUT2D eigenvalue weighted by molar-refractivity contribution is 5.46. The van der Waals surface area contributed by atoms with E-state index in [2.05, 4.69) is 9.88 Å². The maximum absolute atomic E-state index is 10.6. The molecule has 1 aliphatic heterocycles. The zero-order valence-electron chi connectivity index (χ0n) is 12.4. The van der Waals surface area contributed by atoms with Crippen LogP contribution >= 0.6 is 0 Å². The molecule has 1 saturated carbocycles. The Morgan fingerprint density at radius 2 is 1.71 bits per heavy atom. The van der Waals surface area contributed by atoms with Gasteiger partial charge in [-0.15, -0.1) is 0 Å². The van der Waals surface area contributed by atoms with Crippen LogP contribution in [0.15, 0.2) is 18.3 Å². The minimum absolute atomic E-state index is 0.0733. The van der Waals surface area contributed by atoms with Gasteiger partial charge in [-0.25, -0.2) is 0 Å². The van der Waals surface area contributed by atoms with E-state index in [0.717, 1.165) is 30.6 Å². The molecular weight excluding hydrogens is 266 g/mol. The molecule has 1 aromatic rings. The molecule has 1 saturated heterocycles. The van der Waals surface area contributed by atoms with Crippen molar-refractivity contribution >= 4 is 11.5 Å². The highest BCUT2D eigenvalue weighted by atomic mass is 16.6. The fourth-order valence-electron chi connectivity index (χ4n) is 3.91. The second kappa shape index (κ2) is 6.41. The van der Waals surface area contributed by atoms with Crippen LogP contribution in [-0.4, -0.2) is 23.0 Å². The van der Waals surface area contributed by atoms with E-state index in [-0.39, 0.29) is 5.82 Å². The number of hydrogen-bond donors (Lipinski definition) is 0. The van der Waals surface area contributed by atoms with Crippen molar-refractivity contribution in [2.24, 2.45) is 11.8 Å². The molecule has 0 radical (unpaired) electrons. The van der Waals surface area contributed by atoms with E-state index in [9.17, 15) is 10.1 Å². The Hall–Kier alpha value is -1.65. The normalized spacial score (nSPS) is 21.4. The second-order valence-corrected chi connectivity index (χ2v) is 6.35. The van der Waals surface area contributed by atoms with Gasteiger partial charge in [0.1, 0.15) is 0 Å². The molecule has 0 atom stereocenters. The van der Waals surface area contributed by atoms with Crippen molar-refractivity contribution in [2.75, 3.05) is 18.0 Å². The van der Waals surface area contributed by atoms with Gasteiger partial charge >= 0.3 is 5.82 Å². The van der Waals surface area contributed by atoms with Gasteiger partial charge in [-0.1, -0.05) is 32.1 Å². The summed E-state index contributed by atoms with van der Waals surface area (Å²) in [6, 6.07) is 3.33. The molecule has 1 aromatic heterocycles. The summed E-state index contributed by atoms with van der Waals surface area (Å²) in [4.78, 5) is 16.4. The number of pyridine rings is 1. The molecule has 0 N–H and O–H groups in total. The van der Waals surface area contributed by atoms with Crippen LogP contribution in [0.3, 0.4) is 0 Å². The number of nitro groups is 1. The minimum atomic E-state index is -0.445. The first-order chi connectivity index (χ1) is 10.2. The van der Waals surface area contributed by atoms with Gasteiger partial charge in [-0.2, -0.15) is 0 Å². The predicted octanol–water partition coefficient (Wildman–Crippen LogP) is 3.79. The Morgan fingerprint density at radius 1 is 1.05 bits per heavy atom. The lowest BCUT2D eigenvalue weighted by Gasteiger charge is -2.38. The lowest BCUT2D eigenvalue weighted by molar-refractivity contribution is -0.389. The predicted molar refractivity (Wildman–Crippen MR) is 82.4 cm³/mol. The summed E-state index contributed by atoms with van der Waals surface area (Å²) < 4.78 is 0. The van der Waals surface area contributed by atoms with E-state index < -0.39 is 4.92 Å². The molecule has 0 aromatic carbocycles. The van der Waals surface area contributed by atoms with E-state index in [0.29, 0.717) is 0 Å². The van der Waals surface area contributed by atoms with Gasteiger partial charge < -0.3 is 15.0 Å². The molecule has 114 valence electrons. The van der Waals surface area contributed by atoms with Crippen molar-refractivity contribution < 1.29 is 4.92 Å². The molecule has 0 spiro atoms. The van der Waals surface area contributed by atoms with Crippen LogP contribution in [0.2, 0.25) is 0 Å². The summed E-state index contributed by atoms with van der Waals surface area (Å²) in [5.41, 5.74) is 1.02. The van der Waals surface area contributed by atoms with Crippen LogP contribution in [0.5, 0.6) is 0 Å². The molecule has 3 rings (SSSR count). The molecule has 21 heavy (non-hydrogen) atoms. The highest BCUT2D eigenvalue weighted by Crippen LogP contribution is 2.36. The average Bonchev–Trinajstić information content (AvgIpc) is 2.56. The first-order valence-corrected chi connectivity index (χ1v) is 8.09. The summed E-state index contributed by atoms with van der Waals surface area (Å²) in [6.45, 7) is 2.11. The van der Waals surface area contributed by atoms with Gasteiger partial charge in [0.25, 0.3) is 0 Å². The van der Waals surface area contributed by atoms with E-state index >= 15 is 0 Å². The van der Waals surface area contributed by atoms with Crippen LogP contribution in [0.1, 0.15) is 44.9 Å². The third kappa shape index (κ3) is 3.34. The number of anilines is 1. The zero-order chi connectivity index (χ0) is 14.7. The average molecular weight is 289 g/mol. The van der Waals surface area contributed by atoms with Gasteiger partial charge in [-0.05, 0) is 40.7 Å². The monoisotopic (exact) mass is 289 g/mol. The molecule has 5 nitrogen and oxygen atoms in total. The molecule has 0 amide bonds. The van der Waals surface area contributed by atoms with Crippen molar-refractivity contribution in [3.8, 4) is 0 Å². The van der Waals surface area contributed by atoms with Crippen LogP contribution in [0.25, 0.3) is 0 Å². The van der Waals surface area contributed by atoms with E-state index in [1.807, 2.05) is 6.07 Å². The fraction of sp³-hybridized carbons (Fsp3) is 0.688. The molecule has 1 aliphatic carbocycles. The van der Waals surface area contributed by atoms with Crippen molar-refractivity contribution in [1.29, 1.82) is 0 Å². The maximum Gasteiger partial charge on any atom is 0.363 e. The van der Waals surface area contributed by atoms with Gasteiger partial charge in [0.15, 0.2) is 6.20 Å². The minimum Gasteiger partial charge on any atom is -0.368 e. The molecule has 2 heterocycles. The largest absolute Gasteiger partial charge is 0.368 e. The zero-order valence-corrected chi connectivity index (χ0v) is 12.4. The summed E-state index contributed by atoms with van der Waals surface area (Å²) >= 11 is 0. The molecule has 0 bridgehead atoms. The van der Waals surface area contributed by atoms with Gasteiger partial charge in [0.05, 0.1) is 5.69 Å². The Balaban J connectivity index is 1.56. The van der Waals surface area contributed by atoms with Crippen LogP contribution < -0.4 is 4.90 Å². The molecule has 0 unspecified atom stereocenters. The first-order valence-electron chi connectivity index (χ1n) is 8.09. The third-order valence-electron chi connectivity index (χ3n) is 5.14. The smallest absolute Gasteiger partial charge is 0.363 e. The second-order valence-electron chi connectivity index (χ2n) is 6.35. The summed E-state index contributed by atoms with van der Waals surface area (Å²) in [5, 5.41) is 10.6. The maximum atomic E-state index is 10.6. The van der Waals surface area contributed by atoms with E-state index in [4.69, 9.17) is 0 Å². The van der Waals surface area contributed by atoms with Crippen LogP contribution in [0, 0.1) is 22.0 Å². The van der Waals surface area contributed by atoms with Crippen LogP contribution in [-0.2, 0) is 0 Å². The molecule has 2 fully saturated rings. The number of rotatable bonds is 3. The number of aromatic nitrogens is 1. The van der Waals surface area contributed by atoms with E-state index in [1.54, 1.807) is 6.20 Å². The fourth-order valence-corrected chi connectivity index (χ4v) is 3.91. The standard InChI is InChI=1S/C16H23N3O2/c20-19(21)16-7-6-15(12-17-16)18-10-8-14(9-11-18)13-4-2-1-3-5-13/h6-7,12-14H,1-5,8-11H2. The number of hydrogen-bond acceptors (Lipinski definition) is 4. The topological polar surface area (TPSA) is 59.3 Å². The van der Waals surface area contributed by atoms with Gasteiger partial charge in [0.2, 0.25) is 0 Å². The molecule has 2 aliphatic rings. The highest BCUT2D eigenvalue weighted by Gasteiger charge is 2.28. The summed E-state index contributed by atoms with van der Waals surface area (Å²) in [7, 11) is 0. The Bertz CT molecular complexity index is 475. The summed E-state index contributed by atoms with van der Waals surface area (Å²) in [6.07, 6.45) is 11.2. The number of nitrogens with zero attached hydrogens (tertiary/aromatic N) is 3. The SMILES string of the molecule is O=[N+]([O-])c1ccc(N2CCC(C3CCCCC3)CC2)cn1. The molecular formula is C16H23N3O2. The lowest BCUT2D eigenvalue weighted by Crippen LogP contribution is -2.36. The van der Waals surface area contributed by atoms with Crippen molar-refractivity contribution in [2.45, 2.75) is 44.9 Å². The Labute approximate surface area is 125 Å². The summed E-state index contributed by atoms with van der Waals surface area (Å²) in [5.74, 6) is 1.75. The van der Waals surface area contributed by atoms with Crippen molar-refractivity contribution in [3.63, 3.8) is 0 Å². The Kier molecular flexibility index (Phi) is 4.36. The van der Waals surface area contributed by atoms with Crippen molar-refractivity contribution in [3.05, 3.63) is 28.4 Å². The van der Waals surface area contributed by atoms with Gasteiger partial charge in [-0.3, -0.25) is 0 Å². The number of piperidine rings is 1. The first kappa shape index (κ1) is 14.3. The lowest BCUT2D eigenvalue weighted by atomic mass is 9.76. The van der Waals surface area contributed by atoms with Crippen molar-refractivity contribution in [1.82, 2.24) is 4.98 Å². The third-order valence-corrected chi connectivity index (χ3v) is 5.14. The molecule has 5 heteroatoms. The Morgan fingerprint density at radius 3 is 2.29 bits per heavy atom. The quantitative estimate of drug-likeness (QED) is 0.627. The van der Waals surface area contributed by atoms with E-state index in [1.165, 1.54) is 51.0 Å².